The molecule has 0 bridgehead atoms. The molecule has 4 aromatic carbocycles. The standard InChI is InChI=1S/C48H44FN7O8/c1-62-47(60)53-41(27-11-5-3-6-12-27)45(58)55-19-9-15-37(55)35-22-30(25-50-35)31-24-40-33(23-34(31)49)43(57)32-21-29(17-18-39(32)64-40)36-26-51-44(52-36)38-16-10-20-56(38)46(59)42(54-48(61)63-2)28-13-7-4-8-14-28/h3-8,11-14,17-18,21,23-26,37-38,41-42H,9-10,15-16,19-20,22H2,1-2H3,(H,51,52)(H,53,60)(H,54,61)/t37-,38-,41+,42+/m0/s1. The number of carbonyl (C=O) groups excluding carboxylic acids is 4. The molecule has 0 unspecified atom stereocenters. The van der Waals surface area contributed by atoms with Crippen LogP contribution in [0.5, 0.6) is 0 Å². The largest absolute Gasteiger partial charge is 0.456 e. The highest BCUT2D eigenvalue weighted by molar-refractivity contribution is 6.04. The summed E-state index contributed by atoms with van der Waals surface area (Å²) in [6.07, 6.45) is 4.80. The first-order chi connectivity index (χ1) is 31.1. The Labute approximate surface area is 366 Å². The monoisotopic (exact) mass is 865 g/mol. The van der Waals surface area contributed by atoms with Crippen molar-refractivity contribution in [3.8, 4) is 11.3 Å². The van der Waals surface area contributed by atoms with Crippen LogP contribution < -0.4 is 16.1 Å². The molecule has 9 rings (SSSR count). The number of imidazole rings is 1. The van der Waals surface area contributed by atoms with Crippen LogP contribution in [0.15, 0.2) is 118 Å². The number of ether oxygens (including phenoxy) is 2. The van der Waals surface area contributed by atoms with Gasteiger partial charge in [-0.15, -0.1) is 0 Å². The molecule has 5 heterocycles. The normalized spacial score (nSPS) is 18.1. The first-order valence-electron chi connectivity index (χ1n) is 21.0. The van der Waals surface area contributed by atoms with Crippen LogP contribution in [0.2, 0.25) is 0 Å². The summed E-state index contributed by atoms with van der Waals surface area (Å²) in [4.78, 5) is 82.5. The molecule has 15 nitrogen and oxygen atoms in total. The van der Waals surface area contributed by atoms with Gasteiger partial charge >= 0.3 is 12.2 Å². The van der Waals surface area contributed by atoms with E-state index in [0.29, 0.717) is 71.0 Å². The summed E-state index contributed by atoms with van der Waals surface area (Å²) >= 11 is 0. The van der Waals surface area contributed by atoms with Crippen molar-refractivity contribution in [3.05, 3.63) is 142 Å². The minimum atomic E-state index is -0.967. The zero-order valence-corrected chi connectivity index (χ0v) is 35.0. The molecule has 0 aliphatic carbocycles. The number of nitrogens with one attached hydrogen (secondary N) is 3. The van der Waals surface area contributed by atoms with Crippen molar-refractivity contribution < 1.29 is 37.5 Å². The maximum Gasteiger partial charge on any atom is 0.407 e. The van der Waals surface area contributed by atoms with Gasteiger partial charge in [-0.25, -0.2) is 19.0 Å². The zero-order valence-electron chi connectivity index (χ0n) is 35.0. The van der Waals surface area contributed by atoms with Gasteiger partial charge in [0.25, 0.3) is 5.91 Å². The predicted octanol–water partition coefficient (Wildman–Crippen LogP) is 7.51. The van der Waals surface area contributed by atoms with Gasteiger partial charge in [0.15, 0.2) is 0 Å². The lowest BCUT2D eigenvalue weighted by molar-refractivity contribution is -0.135. The Hall–Kier alpha value is -7.62. The molecule has 326 valence electrons. The van der Waals surface area contributed by atoms with E-state index in [0.717, 1.165) is 12.8 Å². The third-order valence-corrected chi connectivity index (χ3v) is 12.2. The molecular weight excluding hydrogens is 822 g/mol. The first-order valence-corrected chi connectivity index (χ1v) is 21.0. The summed E-state index contributed by atoms with van der Waals surface area (Å²) in [5.41, 5.74) is 4.08. The van der Waals surface area contributed by atoms with Crippen LogP contribution in [-0.4, -0.2) is 82.8 Å². The Morgan fingerprint density at radius 3 is 2.00 bits per heavy atom. The number of H-pyrrole nitrogens is 1. The number of nitrogens with zero attached hydrogens (tertiary/aromatic N) is 4. The fraction of sp³-hybridized carbons (Fsp3) is 0.271. The van der Waals surface area contributed by atoms with Gasteiger partial charge in [-0.1, -0.05) is 60.7 Å². The summed E-state index contributed by atoms with van der Waals surface area (Å²) < 4.78 is 31.9. The van der Waals surface area contributed by atoms with E-state index in [-0.39, 0.29) is 46.2 Å². The molecule has 0 spiro atoms. The van der Waals surface area contributed by atoms with Crippen molar-refractivity contribution in [2.75, 3.05) is 27.3 Å². The molecule has 4 amide bonds. The Morgan fingerprint density at radius 1 is 0.781 bits per heavy atom. The van der Waals surface area contributed by atoms with Crippen molar-refractivity contribution in [1.82, 2.24) is 30.4 Å². The number of amides is 4. The van der Waals surface area contributed by atoms with Crippen LogP contribution >= 0.6 is 0 Å². The molecule has 2 aromatic heterocycles. The Bertz CT molecular complexity index is 2910. The van der Waals surface area contributed by atoms with E-state index >= 15 is 4.39 Å². The number of aromatic amines is 1. The summed E-state index contributed by atoms with van der Waals surface area (Å²) in [6.45, 7) is 0.927. The summed E-state index contributed by atoms with van der Waals surface area (Å²) in [6, 6.07) is 23.1. The van der Waals surface area contributed by atoms with Crippen molar-refractivity contribution in [3.63, 3.8) is 0 Å². The molecule has 2 fully saturated rings. The number of aliphatic imine (C=N–C) groups is 1. The van der Waals surface area contributed by atoms with Crippen molar-refractivity contribution >= 4 is 57.2 Å². The number of carbonyl (C=O) groups is 4. The van der Waals surface area contributed by atoms with Gasteiger partial charge in [0.1, 0.15) is 34.9 Å². The number of allylic oxidation sites excluding steroid dienone is 1. The van der Waals surface area contributed by atoms with Crippen LogP contribution in [0.1, 0.15) is 72.7 Å². The van der Waals surface area contributed by atoms with Gasteiger partial charge in [0.2, 0.25) is 11.3 Å². The minimum Gasteiger partial charge on any atom is -0.456 e. The number of hydrogen-bond donors (Lipinski definition) is 3. The summed E-state index contributed by atoms with van der Waals surface area (Å²) in [7, 11) is 2.48. The van der Waals surface area contributed by atoms with E-state index in [4.69, 9.17) is 13.9 Å². The van der Waals surface area contributed by atoms with Crippen LogP contribution in [0.25, 0.3) is 38.8 Å². The SMILES string of the molecule is COC(=O)N[C@@H](C(=O)N1CCC[C@H]1C1=NC=C(c2cc3oc4ccc(-c5cnc([C@@H]6CCCN6C(=O)[C@H](NC(=O)OC)c6ccccc6)[nH]5)cc4c(=O)c3cc2F)C1)c1ccccc1. The second kappa shape index (κ2) is 17.6. The third kappa shape index (κ3) is 7.98. The van der Waals surface area contributed by atoms with E-state index in [9.17, 15) is 24.0 Å². The number of aromatic nitrogens is 2. The van der Waals surface area contributed by atoms with Gasteiger partial charge in [0, 0.05) is 42.5 Å². The van der Waals surface area contributed by atoms with E-state index in [1.807, 2.05) is 12.1 Å². The lowest BCUT2D eigenvalue weighted by Gasteiger charge is -2.29. The number of benzene rings is 4. The lowest BCUT2D eigenvalue weighted by Crippen LogP contribution is -2.47. The van der Waals surface area contributed by atoms with Gasteiger partial charge in [0.05, 0.1) is 49.0 Å². The molecule has 64 heavy (non-hydrogen) atoms. The number of alkyl carbamates (subject to hydrolysis) is 2. The zero-order chi connectivity index (χ0) is 44.5. The van der Waals surface area contributed by atoms with Gasteiger partial charge in [-0.2, -0.15) is 0 Å². The molecule has 2 saturated heterocycles. The number of hydrogen-bond acceptors (Lipinski definition) is 10. The minimum absolute atomic E-state index is 0.0715. The Kier molecular flexibility index (Phi) is 11.5. The van der Waals surface area contributed by atoms with Crippen LogP contribution in [0, 0.1) is 5.82 Å². The number of rotatable bonds is 10. The Balaban J connectivity index is 0.928. The van der Waals surface area contributed by atoms with Gasteiger partial charge < -0.3 is 39.3 Å². The topological polar surface area (TPSA) is 189 Å². The number of methoxy groups -OCH3 is 2. The van der Waals surface area contributed by atoms with E-state index in [2.05, 4.69) is 25.6 Å². The molecule has 3 N–H and O–H groups in total. The van der Waals surface area contributed by atoms with Gasteiger partial charge in [-0.05, 0) is 72.7 Å². The van der Waals surface area contributed by atoms with Gasteiger partial charge in [-0.3, -0.25) is 19.4 Å². The molecule has 3 aliphatic rings. The molecule has 4 atom stereocenters. The van der Waals surface area contributed by atoms with Crippen LogP contribution in [0.4, 0.5) is 14.0 Å². The maximum absolute atomic E-state index is 16.1. The molecule has 3 aliphatic heterocycles. The second-order valence-electron chi connectivity index (χ2n) is 15.9. The molecule has 16 heteroatoms. The number of halogens is 1. The highest BCUT2D eigenvalue weighted by Crippen LogP contribution is 2.37. The average molecular weight is 866 g/mol. The van der Waals surface area contributed by atoms with E-state index in [1.165, 1.54) is 26.4 Å². The fourth-order valence-electron chi connectivity index (χ4n) is 9.00. The average Bonchev–Trinajstić information content (AvgIpc) is 4.18. The predicted molar refractivity (Wildman–Crippen MR) is 235 cm³/mol. The van der Waals surface area contributed by atoms with Crippen molar-refractivity contribution in [2.24, 2.45) is 4.99 Å². The molecular formula is C48H44FN7O8. The third-order valence-electron chi connectivity index (χ3n) is 12.2. The van der Waals surface area contributed by atoms with E-state index in [1.54, 1.807) is 88.9 Å². The van der Waals surface area contributed by atoms with Crippen LogP contribution in [0.3, 0.4) is 0 Å². The highest BCUT2D eigenvalue weighted by Gasteiger charge is 2.39. The van der Waals surface area contributed by atoms with E-state index < -0.39 is 41.6 Å². The molecule has 0 radical (unpaired) electrons. The maximum atomic E-state index is 16.1. The number of fused-ring (bicyclic) bond motifs is 2. The van der Waals surface area contributed by atoms with Crippen molar-refractivity contribution in [2.45, 2.75) is 56.3 Å². The molecule has 6 aromatic rings. The lowest BCUT2D eigenvalue weighted by atomic mass is 9.96. The quantitative estimate of drug-likeness (QED) is 0.117. The van der Waals surface area contributed by atoms with Crippen molar-refractivity contribution in [1.29, 1.82) is 0 Å². The second-order valence-corrected chi connectivity index (χ2v) is 15.9. The highest BCUT2D eigenvalue weighted by atomic mass is 19.1. The Morgan fingerprint density at radius 2 is 1.38 bits per heavy atom. The fourth-order valence-corrected chi connectivity index (χ4v) is 9.00. The summed E-state index contributed by atoms with van der Waals surface area (Å²) in [5, 5.41) is 5.66. The number of likely N-dealkylation sites (tertiary alicyclic amines) is 2. The first kappa shape index (κ1) is 41.7. The summed E-state index contributed by atoms with van der Waals surface area (Å²) in [5.74, 6) is -0.656. The molecule has 0 saturated carbocycles. The van der Waals surface area contributed by atoms with Crippen LogP contribution in [-0.2, 0) is 19.1 Å². The smallest absolute Gasteiger partial charge is 0.407 e.